The first kappa shape index (κ1) is 32.0. The Morgan fingerprint density at radius 3 is 2.32 bits per heavy atom. The van der Waals surface area contributed by atoms with E-state index >= 15 is 0 Å². The number of fused-ring (bicyclic) bond motifs is 3. The van der Waals surface area contributed by atoms with Crippen molar-refractivity contribution in [2.24, 2.45) is 11.3 Å². The molecule has 2 N–H and O–H groups in total. The molecule has 4 heterocycles. The Labute approximate surface area is 310 Å². The minimum absolute atomic E-state index is 0.217. The Kier molecular flexibility index (Phi) is 6.94. The van der Waals surface area contributed by atoms with Crippen LogP contribution in [-0.4, -0.2) is 79.4 Å². The van der Waals surface area contributed by atoms with Gasteiger partial charge in [-0.25, -0.2) is 0 Å². The maximum absolute atomic E-state index is 12.1. The summed E-state index contributed by atoms with van der Waals surface area (Å²) < 4.78 is 20.2. The fourth-order valence-corrected chi connectivity index (χ4v) is 11.3. The normalized spacial score (nSPS) is 35.3. The van der Waals surface area contributed by atoms with E-state index < -0.39 is 29.5 Å². The highest BCUT2D eigenvalue weighted by molar-refractivity contribution is 6.02. The molecule has 3 saturated heterocycles. The Morgan fingerprint density at radius 2 is 1.51 bits per heavy atom. The smallest absolute Gasteiger partial charge is 0.178 e. The van der Waals surface area contributed by atoms with E-state index in [9.17, 15) is 10.2 Å². The lowest BCUT2D eigenvalue weighted by Crippen LogP contribution is -2.62. The zero-order chi connectivity index (χ0) is 35.5. The molecule has 7 aliphatic rings. The van der Waals surface area contributed by atoms with E-state index in [1.54, 1.807) is 0 Å². The number of aliphatic hydroxyl groups is 2. The first-order valence-electron chi connectivity index (χ1n) is 19.2. The van der Waals surface area contributed by atoms with E-state index in [-0.39, 0.29) is 11.3 Å². The molecule has 3 fully saturated rings. The van der Waals surface area contributed by atoms with Gasteiger partial charge in [0, 0.05) is 64.3 Å². The molecule has 268 valence electrons. The first-order valence-corrected chi connectivity index (χ1v) is 19.2. The van der Waals surface area contributed by atoms with Crippen LogP contribution in [0.2, 0.25) is 0 Å². The molecule has 7 heteroatoms. The second-order valence-corrected chi connectivity index (χ2v) is 16.0. The van der Waals surface area contributed by atoms with E-state index in [4.69, 9.17) is 14.2 Å². The number of hydrogen-bond donors (Lipinski definition) is 2. The standard InChI is InChI=1S/C46H44N2O5/c1-47-22-21-44-36-16-17-39(49)43(44)53-46(41(50)18-11-29(42(44)46)27-38(36)47)32-14-12-31(13-15-32)45(30-7-3-2-4-8-30)20-19-35-33-9-5-6-10-34(33)37(28-40(35)52-45)48-23-25-51-26-24-48/h2-20,28,36,38-39,41,43,49-50H,21-27H2,1H3/t36-,38+,39-,41?,43-,44-,45?,46?/m0/s1. The van der Waals surface area contributed by atoms with Crippen LogP contribution in [0.3, 0.4) is 0 Å². The van der Waals surface area contributed by atoms with Gasteiger partial charge in [0.05, 0.1) is 25.4 Å². The Bertz CT molecular complexity index is 2260. The Balaban J connectivity index is 1.05. The molecular formula is C46H44N2O5. The van der Waals surface area contributed by atoms with Crippen molar-refractivity contribution in [3.8, 4) is 5.75 Å². The quantitative estimate of drug-likeness (QED) is 0.236. The molecule has 3 unspecified atom stereocenters. The van der Waals surface area contributed by atoms with Crippen molar-refractivity contribution >= 4 is 22.5 Å². The van der Waals surface area contributed by atoms with Crippen molar-refractivity contribution in [2.45, 2.75) is 48.4 Å². The number of likely N-dealkylation sites (tertiary alicyclic amines) is 1. The van der Waals surface area contributed by atoms with Gasteiger partial charge in [-0.3, -0.25) is 0 Å². The number of aliphatic hydroxyl groups excluding tert-OH is 2. The third-order valence-electron chi connectivity index (χ3n) is 13.7. The van der Waals surface area contributed by atoms with Crippen LogP contribution >= 0.6 is 0 Å². The average Bonchev–Trinajstić information content (AvgIpc) is 3.54. The number of anilines is 1. The molecule has 3 aliphatic carbocycles. The highest BCUT2D eigenvalue weighted by atomic mass is 16.5. The predicted octanol–water partition coefficient (Wildman–Crippen LogP) is 6.49. The van der Waals surface area contributed by atoms with Gasteiger partial charge in [-0.05, 0) is 60.7 Å². The summed E-state index contributed by atoms with van der Waals surface area (Å²) in [5.74, 6) is 1.06. The van der Waals surface area contributed by atoms with Gasteiger partial charge in [0.15, 0.2) is 5.60 Å². The summed E-state index contributed by atoms with van der Waals surface area (Å²) >= 11 is 0. The zero-order valence-electron chi connectivity index (χ0n) is 29.9. The molecule has 11 rings (SSSR count). The monoisotopic (exact) mass is 704 g/mol. The molecule has 4 aromatic carbocycles. The Hall–Kier alpha value is -4.50. The van der Waals surface area contributed by atoms with E-state index in [1.807, 2.05) is 18.2 Å². The van der Waals surface area contributed by atoms with Gasteiger partial charge in [-0.2, -0.15) is 0 Å². The maximum Gasteiger partial charge on any atom is 0.178 e. The summed E-state index contributed by atoms with van der Waals surface area (Å²) in [6.07, 6.45) is 12.4. The van der Waals surface area contributed by atoms with E-state index in [0.29, 0.717) is 19.3 Å². The van der Waals surface area contributed by atoms with E-state index in [2.05, 4.69) is 120 Å². The lowest BCUT2D eigenvalue weighted by atomic mass is 9.50. The molecule has 7 nitrogen and oxygen atoms in total. The second kappa shape index (κ2) is 11.5. The van der Waals surface area contributed by atoms with Crippen LogP contribution in [0.25, 0.3) is 16.8 Å². The molecule has 8 atom stereocenters. The molecule has 1 spiro atoms. The molecule has 2 bridgehead atoms. The minimum atomic E-state index is -1.08. The van der Waals surface area contributed by atoms with Crippen molar-refractivity contribution in [1.82, 2.24) is 4.90 Å². The van der Waals surface area contributed by atoms with E-state index in [0.717, 1.165) is 66.2 Å². The third-order valence-corrected chi connectivity index (χ3v) is 13.7. The Morgan fingerprint density at radius 1 is 0.774 bits per heavy atom. The number of ether oxygens (including phenoxy) is 3. The molecule has 0 saturated carbocycles. The summed E-state index contributed by atoms with van der Waals surface area (Å²) in [4.78, 5) is 4.88. The van der Waals surface area contributed by atoms with Crippen LogP contribution < -0.4 is 9.64 Å². The van der Waals surface area contributed by atoms with Crippen LogP contribution in [0.4, 0.5) is 5.69 Å². The number of rotatable bonds is 4. The fourth-order valence-electron chi connectivity index (χ4n) is 11.3. The van der Waals surface area contributed by atoms with Gasteiger partial charge in [0.2, 0.25) is 0 Å². The largest absolute Gasteiger partial charge is 0.473 e. The van der Waals surface area contributed by atoms with Crippen molar-refractivity contribution in [3.63, 3.8) is 0 Å². The highest BCUT2D eigenvalue weighted by Gasteiger charge is 2.71. The number of hydrogen-bond acceptors (Lipinski definition) is 7. The first-order chi connectivity index (χ1) is 25.9. The molecule has 0 amide bonds. The molecule has 0 aromatic heterocycles. The molecule has 53 heavy (non-hydrogen) atoms. The number of nitrogens with zero attached hydrogens (tertiary/aromatic N) is 2. The number of piperidine rings is 1. The number of benzene rings is 4. The second-order valence-electron chi connectivity index (χ2n) is 16.0. The van der Waals surface area contributed by atoms with Crippen LogP contribution in [0.5, 0.6) is 5.75 Å². The van der Waals surface area contributed by atoms with Crippen LogP contribution in [0, 0.1) is 11.3 Å². The van der Waals surface area contributed by atoms with Crippen molar-refractivity contribution in [2.75, 3.05) is 44.8 Å². The average molecular weight is 705 g/mol. The van der Waals surface area contributed by atoms with Gasteiger partial charge in [-0.1, -0.05) is 103 Å². The lowest BCUT2D eigenvalue weighted by molar-refractivity contribution is -0.144. The minimum Gasteiger partial charge on any atom is -0.473 e. The number of morpholine rings is 1. The molecular weight excluding hydrogens is 661 g/mol. The summed E-state index contributed by atoms with van der Waals surface area (Å²) in [6.45, 7) is 4.01. The van der Waals surface area contributed by atoms with Gasteiger partial charge in [-0.15, -0.1) is 0 Å². The van der Waals surface area contributed by atoms with Crippen LogP contribution in [-0.2, 0) is 20.7 Å². The lowest BCUT2D eigenvalue weighted by Gasteiger charge is -2.58. The summed E-state index contributed by atoms with van der Waals surface area (Å²) in [7, 11) is 2.22. The van der Waals surface area contributed by atoms with Crippen molar-refractivity contribution in [1.29, 1.82) is 0 Å². The fraction of sp³-hybridized carbons (Fsp3) is 0.348. The molecule has 4 aliphatic heterocycles. The van der Waals surface area contributed by atoms with Crippen molar-refractivity contribution < 1.29 is 24.4 Å². The summed E-state index contributed by atoms with van der Waals surface area (Å²) in [5, 5.41) is 26.0. The SMILES string of the molecule is CN1CC[C@]23C4=C5C=CC(O)C4(c4ccc(C6(c7ccccc7)C=Cc7c(cc(N8CCOCC8)c8ccccc78)O6)cc4)O[C@H]2[C@@H](O)C=C[C@H]3[C@H]1C5. The summed E-state index contributed by atoms with van der Waals surface area (Å²) in [5.41, 5.74) is 5.24. The highest BCUT2D eigenvalue weighted by Crippen LogP contribution is 2.69. The third kappa shape index (κ3) is 4.23. The van der Waals surface area contributed by atoms with Gasteiger partial charge in [0.1, 0.15) is 17.5 Å². The predicted molar refractivity (Wildman–Crippen MR) is 206 cm³/mol. The molecule has 0 radical (unpaired) electrons. The van der Waals surface area contributed by atoms with Crippen LogP contribution in [0.15, 0.2) is 126 Å². The zero-order valence-corrected chi connectivity index (χ0v) is 29.9. The van der Waals surface area contributed by atoms with Gasteiger partial charge >= 0.3 is 0 Å². The number of allylic oxidation sites excluding steroid dienone is 1. The van der Waals surface area contributed by atoms with Gasteiger partial charge in [0.25, 0.3) is 0 Å². The van der Waals surface area contributed by atoms with Gasteiger partial charge < -0.3 is 34.2 Å². The van der Waals surface area contributed by atoms with Crippen LogP contribution in [0.1, 0.15) is 35.1 Å². The van der Waals surface area contributed by atoms with E-state index in [1.165, 1.54) is 21.9 Å². The maximum atomic E-state index is 12.1. The topological polar surface area (TPSA) is 74.6 Å². The summed E-state index contributed by atoms with van der Waals surface area (Å²) in [6, 6.07) is 30.2. The van der Waals surface area contributed by atoms with Crippen molar-refractivity contribution in [3.05, 3.63) is 149 Å². The molecule has 4 aromatic rings.